The summed E-state index contributed by atoms with van der Waals surface area (Å²) in [4.78, 5) is 2.78. The smallest absolute Gasteiger partial charge is 0.0106 e. The van der Waals surface area contributed by atoms with Crippen LogP contribution >= 0.6 is 11.8 Å². The van der Waals surface area contributed by atoms with Gasteiger partial charge in [-0.2, -0.15) is 11.8 Å². The van der Waals surface area contributed by atoms with E-state index < -0.39 is 0 Å². The largest absolute Gasteiger partial charge is 0.312 e. The highest BCUT2D eigenvalue weighted by atomic mass is 32.2. The van der Waals surface area contributed by atoms with Crippen LogP contribution in [0.25, 0.3) is 0 Å². The summed E-state index contributed by atoms with van der Waals surface area (Å²) in [6.45, 7) is 13.0. The van der Waals surface area contributed by atoms with Crippen LogP contribution in [0.4, 0.5) is 0 Å². The fraction of sp³-hybridized carbons (Fsp3) is 1.00. The van der Waals surface area contributed by atoms with Crippen LogP contribution in [0.1, 0.15) is 53.4 Å². The summed E-state index contributed by atoms with van der Waals surface area (Å²) in [5, 5.41) is 4.62. The second-order valence-electron chi connectivity index (χ2n) is 7.32. The number of thioether (sulfide) groups is 1. The van der Waals surface area contributed by atoms with Crippen molar-refractivity contribution in [2.24, 2.45) is 5.92 Å². The lowest BCUT2D eigenvalue weighted by Crippen LogP contribution is -2.40. The summed E-state index contributed by atoms with van der Waals surface area (Å²) in [6.07, 6.45) is 5.73. The van der Waals surface area contributed by atoms with Gasteiger partial charge in [0.25, 0.3) is 0 Å². The van der Waals surface area contributed by atoms with Crippen molar-refractivity contribution >= 4 is 11.8 Å². The maximum absolute atomic E-state index is 3.67. The Bertz CT molecular complexity index is 274. The molecule has 0 bridgehead atoms. The van der Waals surface area contributed by atoms with E-state index in [0.717, 1.165) is 17.2 Å². The highest BCUT2D eigenvalue weighted by Gasteiger charge is 2.33. The zero-order chi connectivity index (χ0) is 13.9. The number of likely N-dealkylation sites (tertiary alicyclic amines) is 1. The van der Waals surface area contributed by atoms with Gasteiger partial charge in [0.15, 0.2) is 0 Å². The molecule has 1 N–H and O–H groups in total. The first-order valence-electron chi connectivity index (χ1n) is 8.08. The second-order valence-corrected chi connectivity index (χ2v) is 8.90. The van der Waals surface area contributed by atoms with Crippen LogP contribution in [0.3, 0.4) is 0 Å². The van der Waals surface area contributed by atoms with Gasteiger partial charge in [-0.15, -0.1) is 0 Å². The van der Waals surface area contributed by atoms with Gasteiger partial charge in [-0.3, -0.25) is 0 Å². The fourth-order valence-electron chi connectivity index (χ4n) is 3.45. The Morgan fingerprint density at radius 3 is 2.68 bits per heavy atom. The van der Waals surface area contributed by atoms with Crippen molar-refractivity contribution in [2.45, 2.75) is 70.2 Å². The van der Waals surface area contributed by atoms with Crippen molar-refractivity contribution in [3.63, 3.8) is 0 Å². The van der Waals surface area contributed by atoms with E-state index in [0.29, 0.717) is 0 Å². The number of rotatable bonds is 5. The molecule has 0 spiro atoms. The van der Waals surface area contributed by atoms with E-state index in [4.69, 9.17) is 0 Å². The molecule has 2 rings (SSSR count). The van der Waals surface area contributed by atoms with Crippen LogP contribution < -0.4 is 5.32 Å². The normalized spacial score (nSPS) is 33.2. The van der Waals surface area contributed by atoms with Gasteiger partial charge in [0.1, 0.15) is 0 Å². The Kier molecular flexibility index (Phi) is 5.62. The molecule has 3 unspecified atom stereocenters. The molecule has 1 saturated carbocycles. The summed E-state index contributed by atoms with van der Waals surface area (Å²) in [5.74, 6) is 2.16. The first-order chi connectivity index (χ1) is 8.98. The lowest BCUT2D eigenvalue weighted by molar-refractivity contribution is 0.234. The zero-order valence-corrected chi connectivity index (χ0v) is 14.1. The Morgan fingerprint density at radius 1 is 1.21 bits per heavy atom. The summed E-state index contributed by atoms with van der Waals surface area (Å²) < 4.78 is 0. The van der Waals surface area contributed by atoms with E-state index >= 15 is 0 Å². The molecule has 2 nitrogen and oxygen atoms in total. The summed E-state index contributed by atoms with van der Waals surface area (Å²) in [7, 11) is 0. The van der Waals surface area contributed by atoms with E-state index in [2.05, 4.69) is 49.7 Å². The van der Waals surface area contributed by atoms with Crippen LogP contribution in [-0.4, -0.2) is 47.1 Å². The second kappa shape index (κ2) is 6.82. The van der Waals surface area contributed by atoms with Crippen molar-refractivity contribution in [2.75, 3.05) is 25.4 Å². The Labute approximate surface area is 124 Å². The molecule has 0 amide bonds. The Hall–Kier alpha value is 0.270. The molecule has 1 heterocycles. The van der Waals surface area contributed by atoms with Crippen molar-refractivity contribution in [1.82, 2.24) is 10.2 Å². The first kappa shape index (κ1) is 15.7. The maximum atomic E-state index is 3.67. The molecule has 0 radical (unpaired) electrons. The third kappa shape index (κ3) is 4.95. The SMILES string of the molecule is CCSC1CCC(N2CCC(CNC(C)(C)C)C2)C1. The average Bonchev–Trinajstić information content (AvgIpc) is 2.93. The molecular weight excluding hydrogens is 252 g/mol. The summed E-state index contributed by atoms with van der Waals surface area (Å²) in [5.41, 5.74) is 0.267. The third-order valence-electron chi connectivity index (χ3n) is 4.51. The molecule has 1 aliphatic carbocycles. The van der Waals surface area contributed by atoms with Crippen LogP contribution in [0, 0.1) is 5.92 Å². The quantitative estimate of drug-likeness (QED) is 0.833. The number of nitrogens with zero attached hydrogens (tertiary/aromatic N) is 1. The maximum Gasteiger partial charge on any atom is 0.0106 e. The predicted octanol–water partition coefficient (Wildman–Crippen LogP) is 3.37. The molecule has 3 atom stereocenters. The molecule has 2 fully saturated rings. The molecule has 0 aromatic rings. The van der Waals surface area contributed by atoms with E-state index in [-0.39, 0.29) is 5.54 Å². The van der Waals surface area contributed by atoms with Gasteiger partial charge in [0.2, 0.25) is 0 Å². The van der Waals surface area contributed by atoms with Gasteiger partial charge in [-0.1, -0.05) is 6.92 Å². The zero-order valence-electron chi connectivity index (χ0n) is 13.2. The van der Waals surface area contributed by atoms with Crippen LogP contribution in [0.5, 0.6) is 0 Å². The van der Waals surface area contributed by atoms with E-state index in [9.17, 15) is 0 Å². The van der Waals surface area contributed by atoms with Crippen molar-refractivity contribution in [3.8, 4) is 0 Å². The molecule has 2 aliphatic rings. The molecule has 19 heavy (non-hydrogen) atoms. The molecule has 1 aliphatic heterocycles. The highest BCUT2D eigenvalue weighted by molar-refractivity contribution is 7.99. The monoisotopic (exact) mass is 284 g/mol. The van der Waals surface area contributed by atoms with E-state index in [1.807, 2.05) is 0 Å². The van der Waals surface area contributed by atoms with Crippen LogP contribution in [-0.2, 0) is 0 Å². The molecule has 3 heteroatoms. The van der Waals surface area contributed by atoms with Gasteiger partial charge < -0.3 is 10.2 Å². The molecular formula is C16H32N2S. The minimum atomic E-state index is 0.267. The van der Waals surface area contributed by atoms with Crippen molar-refractivity contribution in [1.29, 1.82) is 0 Å². The Morgan fingerprint density at radius 2 is 2.00 bits per heavy atom. The van der Waals surface area contributed by atoms with Gasteiger partial charge in [-0.25, -0.2) is 0 Å². The van der Waals surface area contributed by atoms with Gasteiger partial charge in [0, 0.05) is 23.4 Å². The lowest BCUT2D eigenvalue weighted by atomic mass is 10.1. The van der Waals surface area contributed by atoms with Gasteiger partial charge in [0.05, 0.1) is 0 Å². The van der Waals surface area contributed by atoms with E-state index in [1.54, 1.807) is 0 Å². The van der Waals surface area contributed by atoms with Gasteiger partial charge in [-0.05, 0) is 71.2 Å². The first-order valence-corrected chi connectivity index (χ1v) is 9.13. The molecule has 112 valence electrons. The highest BCUT2D eigenvalue weighted by Crippen LogP contribution is 2.34. The Balaban J connectivity index is 1.70. The lowest BCUT2D eigenvalue weighted by Gasteiger charge is -2.26. The minimum absolute atomic E-state index is 0.267. The van der Waals surface area contributed by atoms with Crippen LogP contribution in [0.15, 0.2) is 0 Å². The molecule has 1 saturated heterocycles. The van der Waals surface area contributed by atoms with Crippen molar-refractivity contribution < 1.29 is 0 Å². The summed E-state index contributed by atoms with van der Waals surface area (Å²) >= 11 is 2.18. The fourth-order valence-corrected chi connectivity index (χ4v) is 4.58. The number of hydrogen-bond donors (Lipinski definition) is 1. The number of nitrogens with one attached hydrogen (secondary N) is 1. The summed E-state index contributed by atoms with van der Waals surface area (Å²) in [6, 6.07) is 0.892. The predicted molar refractivity (Wildman–Crippen MR) is 87.0 cm³/mol. The standard InChI is InChI=1S/C16H32N2S/c1-5-19-15-7-6-14(10-15)18-9-8-13(12-18)11-17-16(2,3)4/h13-15,17H,5-12H2,1-4H3. The molecule has 0 aromatic heterocycles. The minimum Gasteiger partial charge on any atom is -0.312 e. The topological polar surface area (TPSA) is 15.3 Å². The van der Waals surface area contributed by atoms with Gasteiger partial charge >= 0.3 is 0 Å². The third-order valence-corrected chi connectivity index (χ3v) is 5.75. The number of hydrogen-bond acceptors (Lipinski definition) is 3. The van der Waals surface area contributed by atoms with Crippen LogP contribution in [0.2, 0.25) is 0 Å². The van der Waals surface area contributed by atoms with E-state index in [1.165, 1.54) is 51.1 Å². The average molecular weight is 285 g/mol. The van der Waals surface area contributed by atoms with Crippen molar-refractivity contribution in [3.05, 3.63) is 0 Å². The molecule has 0 aromatic carbocycles.